The molecule has 3 rings (SSSR count). The van der Waals surface area contributed by atoms with Gasteiger partial charge in [-0.2, -0.15) is 0 Å². The van der Waals surface area contributed by atoms with Gasteiger partial charge in [-0.3, -0.25) is 9.69 Å². The highest BCUT2D eigenvalue weighted by molar-refractivity contribution is 5.66. The number of rotatable bonds is 4. The smallest absolute Gasteiger partial charge is 0.303 e. The molecule has 1 N–H and O–H groups in total. The maximum atomic E-state index is 11.6. The van der Waals surface area contributed by atoms with Gasteiger partial charge >= 0.3 is 5.97 Å². The Hall–Kier alpha value is -1.13. The van der Waals surface area contributed by atoms with Crippen LogP contribution < -0.4 is 0 Å². The fourth-order valence-electron chi connectivity index (χ4n) is 5.15. The monoisotopic (exact) mass is 360 g/mol. The minimum Gasteiger partial charge on any atom is -0.458 e. The number of nitrogens with zero attached hydrogens (tertiary/aromatic N) is 1. The van der Waals surface area contributed by atoms with Crippen molar-refractivity contribution in [3.05, 3.63) is 30.2 Å². The summed E-state index contributed by atoms with van der Waals surface area (Å²) in [6.07, 6.45) is 11.5. The quantitative estimate of drug-likeness (QED) is 0.617. The van der Waals surface area contributed by atoms with Gasteiger partial charge in [0.25, 0.3) is 0 Å². The van der Waals surface area contributed by atoms with Crippen molar-refractivity contribution >= 4 is 5.97 Å². The Kier molecular flexibility index (Phi) is 5.93. The van der Waals surface area contributed by atoms with E-state index in [0.717, 1.165) is 44.5 Å². The van der Waals surface area contributed by atoms with Gasteiger partial charge < -0.3 is 9.84 Å². The van der Waals surface area contributed by atoms with Gasteiger partial charge in [-0.25, -0.2) is 0 Å². The van der Waals surface area contributed by atoms with E-state index in [1.807, 2.05) is 13.3 Å². The Morgan fingerprint density at radius 1 is 1.42 bits per heavy atom. The largest absolute Gasteiger partial charge is 0.458 e. The van der Waals surface area contributed by atoms with Crippen LogP contribution in [0.25, 0.3) is 0 Å². The summed E-state index contributed by atoms with van der Waals surface area (Å²) in [6, 6.07) is 0. The molecule has 0 bridgehead atoms. The molecule has 1 unspecified atom stereocenters. The van der Waals surface area contributed by atoms with Gasteiger partial charge in [0.15, 0.2) is 0 Å². The first-order valence-corrected chi connectivity index (χ1v) is 10.1. The zero-order valence-corrected chi connectivity index (χ0v) is 16.6. The molecule has 0 aromatic rings. The van der Waals surface area contributed by atoms with Crippen molar-refractivity contribution in [2.45, 2.75) is 58.7 Å². The topological polar surface area (TPSA) is 49.8 Å². The Bertz CT molecular complexity index is 584. The summed E-state index contributed by atoms with van der Waals surface area (Å²) in [7, 11) is 0. The Labute approximate surface area is 158 Å². The molecular weight excluding hydrogens is 326 g/mol. The molecule has 0 saturated heterocycles. The number of hydrogen-bond acceptors (Lipinski definition) is 4. The molecule has 1 heterocycles. The van der Waals surface area contributed by atoms with Crippen molar-refractivity contribution < 1.29 is 14.6 Å². The number of carbonyl (C=O) groups is 1. The predicted octanol–water partition coefficient (Wildman–Crippen LogP) is 3.37. The van der Waals surface area contributed by atoms with E-state index >= 15 is 0 Å². The third-order valence-electron chi connectivity index (χ3n) is 6.74. The Morgan fingerprint density at radius 2 is 2.19 bits per heavy atom. The van der Waals surface area contributed by atoms with Crippen molar-refractivity contribution in [1.29, 1.82) is 0 Å². The lowest BCUT2D eigenvalue weighted by Gasteiger charge is -2.53. The van der Waals surface area contributed by atoms with E-state index in [1.54, 1.807) is 0 Å². The fourth-order valence-corrected chi connectivity index (χ4v) is 5.15. The molecule has 145 valence electrons. The van der Waals surface area contributed by atoms with E-state index in [0.29, 0.717) is 11.8 Å². The van der Waals surface area contributed by atoms with Crippen LogP contribution in [0.2, 0.25) is 0 Å². The third-order valence-corrected chi connectivity index (χ3v) is 6.74. The summed E-state index contributed by atoms with van der Waals surface area (Å²) < 4.78 is 5.44. The van der Waals surface area contributed by atoms with Gasteiger partial charge in [-0.15, -0.1) is 0 Å². The highest BCUT2D eigenvalue weighted by Crippen LogP contribution is 2.50. The van der Waals surface area contributed by atoms with E-state index in [2.05, 4.69) is 37.0 Å². The van der Waals surface area contributed by atoms with Crippen LogP contribution in [0.15, 0.2) is 23.8 Å². The maximum Gasteiger partial charge on any atom is 0.303 e. The van der Waals surface area contributed by atoms with E-state index in [-0.39, 0.29) is 17.8 Å². The first-order valence-electron chi connectivity index (χ1n) is 10.1. The molecule has 2 aliphatic carbocycles. The molecule has 0 aromatic carbocycles. The van der Waals surface area contributed by atoms with Gasteiger partial charge in [-0.1, -0.05) is 32.1 Å². The van der Waals surface area contributed by atoms with Crippen molar-refractivity contribution in [2.75, 3.05) is 19.6 Å². The fraction of sp³-hybridized carbons (Fsp3) is 0.727. The van der Waals surface area contributed by atoms with Crippen LogP contribution >= 0.6 is 0 Å². The number of hydrogen-bond donors (Lipinski definition) is 1. The lowest BCUT2D eigenvalue weighted by atomic mass is 9.57. The molecule has 26 heavy (non-hydrogen) atoms. The highest BCUT2D eigenvalue weighted by Gasteiger charge is 2.53. The molecule has 1 radical (unpaired) electrons. The molecule has 3 aliphatic rings. The van der Waals surface area contributed by atoms with Crippen molar-refractivity contribution in [3.8, 4) is 0 Å². The number of esters is 1. The molecular formula is C22H34NO3. The maximum absolute atomic E-state index is 11.6. The number of aliphatic hydroxyl groups is 1. The number of carbonyl (C=O) groups excluding carboxylic acids is 1. The second-order valence-electron chi connectivity index (χ2n) is 8.66. The van der Waals surface area contributed by atoms with Crippen molar-refractivity contribution in [2.24, 2.45) is 23.7 Å². The second-order valence-corrected chi connectivity index (χ2v) is 8.66. The lowest BCUT2D eigenvalue weighted by molar-refractivity contribution is -0.148. The Morgan fingerprint density at radius 3 is 2.85 bits per heavy atom. The zero-order chi connectivity index (χ0) is 18.9. The first-order chi connectivity index (χ1) is 12.3. The van der Waals surface area contributed by atoms with Gasteiger partial charge in [0.2, 0.25) is 0 Å². The van der Waals surface area contributed by atoms with Crippen LogP contribution in [-0.4, -0.2) is 47.3 Å². The zero-order valence-electron chi connectivity index (χ0n) is 16.6. The summed E-state index contributed by atoms with van der Waals surface area (Å²) in [5, 5.41) is 11.6. The molecule has 6 atom stereocenters. The van der Waals surface area contributed by atoms with Gasteiger partial charge in [0, 0.05) is 38.9 Å². The van der Waals surface area contributed by atoms with Crippen LogP contribution in [0.5, 0.6) is 0 Å². The van der Waals surface area contributed by atoms with E-state index in [4.69, 9.17) is 4.74 Å². The summed E-state index contributed by atoms with van der Waals surface area (Å²) in [5.74, 6) is 0.956. The third kappa shape index (κ3) is 3.91. The molecule has 0 spiro atoms. The average Bonchev–Trinajstić information content (AvgIpc) is 2.58. The van der Waals surface area contributed by atoms with E-state index in [9.17, 15) is 9.90 Å². The summed E-state index contributed by atoms with van der Waals surface area (Å²) >= 11 is 0. The minimum absolute atomic E-state index is 0.105. The van der Waals surface area contributed by atoms with Gasteiger partial charge in [-0.05, 0) is 49.5 Å². The van der Waals surface area contributed by atoms with E-state index < -0.39 is 11.7 Å². The van der Waals surface area contributed by atoms with Gasteiger partial charge in [0.05, 0.1) is 5.60 Å². The Balaban J connectivity index is 1.78. The number of ether oxygens (including phenoxy) is 1. The normalized spacial score (nSPS) is 39.0. The second kappa shape index (κ2) is 7.85. The summed E-state index contributed by atoms with van der Waals surface area (Å²) in [4.78, 5) is 14.0. The number of fused-ring (bicyclic) bond motifs is 1. The van der Waals surface area contributed by atoms with Crippen LogP contribution in [0.4, 0.5) is 0 Å². The van der Waals surface area contributed by atoms with Crippen molar-refractivity contribution in [1.82, 2.24) is 4.90 Å². The van der Waals surface area contributed by atoms with Crippen molar-refractivity contribution in [3.63, 3.8) is 0 Å². The summed E-state index contributed by atoms with van der Waals surface area (Å²) in [6.45, 7) is 11.2. The van der Waals surface area contributed by atoms with E-state index in [1.165, 1.54) is 6.92 Å². The first kappa shape index (κ1) is 19.6. The summed E-state index contributed by atoms with van der Waals surface area (Å²) in [5.41, 5.74) is 0.153. The van der Waals surface area contributed by atoms with Crippen LogP contribution in [-0.2, 0) is 9.53 Å². The molecule has 0 amide bonds. The molecule has 1 aliphatic heterocycles. The SMILES string of the molecule is CC(=O)O[C@@H]1[CH][C@@]2(O)[C@H](C)CC[C@@H](C(C)CN3CC=CCC3)[C@H]2C=C1C. The lowest BCUT2D eigenvalue weighted by Crippen LogP contribution is -2.56. The van der Waals surface area contributed by atoms with Crippen LogP contribution in [0, 0.1) is 30.1 Å². The molecule has 4 nitrogen and oxygen atoms in total. The molecule has 4 heteroatoms. The highest BCUT2D eigenvalue weighted by atomic mass is 16.5. The average molecular weight is 361 g/mol. The minimum atomic E-state index is -0.890. The predicted molar refractivity (Wildman–Crippen MR) is 103 cm³/mol. The van der Waals surface area contributed by atoms with Crippen LogP contribution in [0.1, 0.15) is 47.0 Å². The standard InChI is InChI=1S/C22H34NO3/c1-15-12-20-19(16(2)14-23-10-6-5-7-11-23)9-8-17(3)22(20,25)13-21(15)26-18(4)24/h5-6,12-13,16-17,19-21,25H,7-11,14H2,1-4H3/t16?,17-,19+,20-,21-,22-/m1/s1. The molecule has 0 aromatic heterocycles. The molecule has 1 saturated carbocycles. The molecule has 1 fully saturated rings. The van der Waals surface area contributed by atoms with Gasteiger partial charge in [0.1, 0.15) is 6.10 Å². The van der Waals surface area contributed by atoms with Crippen LogP contribution in [0.3, 0.4) is 0 Å².